The van der Waals surface area contributed by atoms with E-state index < -0.39 is 5.97 Å². The molecular weight excluding hydrogens is 206 g/mol. The Morgan fingerprint density at radius 1 is 1.50 bits per heavy atom. The molecule has 1 aliphatic rings. The van der Waals surface area contributed by atoms with E-state index in [0.29, 0.717) is 6.61 Å². The van der Waals surface area contributed by atoms with Gasteiger partial charge in [0.15, 0.2) is 0 Å². The zero-order chi connectivity index (χ0) is 11.1. The predicted molar refractivity (Wildman–Crippen MR) is 58.8 cm³/mol. The number of aromatic nitrogens is 1. The smallest absolute Gasteiger partial charge is 0.307 e. The van der Waals surface area contributed by atoms with Crippen LogP contribution in [0.3, 0.4) is 0 Å². The van der Waals surface area contributed by atoms with Gasteiger partial charge in [0.2, 0.25) is 0 Å². The monoisotopic (exact) mass is 217 g/mol. The van der Waals surface area contributed by atoms with Crippen molar-refractivity contribution >= 4 is 16.9 Å². The summed E-state index contributed by atoms with van der Waals surface area (Å²) >= 11 is 0. The Morgan fingerprint density at radius 3 is 3.19 bits per heavy atom. The molecule has 1 N–H and O–H groups in total. The standard InChI is InChI=1S/C12H11NO3/c14-11(15)6-8-7-13-4-5-16-10-3-1-2-9(8)12(10)13/h1-3,7H,4-6H2,(H,14,15). The normalized spacial score (nSPS) is 13.8. The molecule has 0 atom stereocenters. The molecule has 16 heavy (non-hydrogen) atoms. The maximum Gasteiger partial charge on any atom is 0.307 e. The van der Waals surface area contributed by atoms with E-state index in [4.69, 9.17) is 9.84 Å². The third-order valence-electron chi connectivity index (χ3n) is 2.88. The highest BCUT2D eigenvalue weighted by Crippen LogP contribution is 2.32. The lowest BCUT2D eigenvalue weighted by molar-refractivity contribution is -0.136. The molecular formula is C12H11NO3. The van der Waals surface area contributed by atoms with Crippen LogP contribution in [0.15, 0.2) is 24.4 Å². The number of rotatable bonds is 2. The van der Waals surface area contributed by atoms with Crippen molar-refractivity contribution in [3.05, 3.63) is 30.0 Å². The molecule has 0 aliphatic carbocycles. The molecule has 0 saturated carbocycles. The van der Waals surface area contributed by atoms with Crippen molar-refractivity contribution in [3.63, 3.8) is 0 Å². The Morgan fingerprint density at radius 2 is 2.38 bits per heavy atom. The molecule has 1 aromatic carbocycles. The van der Waals surface area contributed by atoms with Crippen molar-refractivity contribution in [1.82, 2.24) is 4.57 Å². The lowest BCUT2D eigenvalue weighted by Crippen LogP contribution is -2.12. The Kier molecular flexibility index (Phi) is 1.89. The fraction of sp³-hybridized carbons (Fsp3) is 0.250. The molecule has 82 valence electrons. The minimum atomic E-state index is -0.801. The number of carboxylic acids is 1. The van der Waals surface area contributed by atoms with Gasteiger partial charge in [-0.3, -0.25) is 4.79 Å². The second kappa shape index (κ2) is 3.27. The van der Waals surface area contributed by atoms with E-state index in [9.17, 15) is 4.79 Å². The summed E-state index contributed by atoms with van der Waals surface area (Å²) in [5.74, 6) is 0.0463. The number of nitrogens with zero attached hydrogens (tertiary/aromatic N) is 1. The van der Waals surface area contributed by atoms with E-state index in [1.165, 1.54) is 0 Å². The molecule has 2 heterocycles. The molecule has 0 amide bonds. The molecule has 0 fully saturated rings. The van der Waals surface area contributed by atoms with Crippen LogP contribution in [0.5, 0.6) is 5.75 Å². The fourth-order valence-electron chi connectivity index (χ4n) is 2.25. The van der Waals surface area contributed by atoms with Gasteiger partial charge in [0.25, 0.3) is 0 Å². The van der Waals surface area contributed by atoms with E-state index in [1.54, 1.807) is 0 Å². The maximum absolute atomic E-state index is 10.8. The minimum Gasteiger partial charge on any atom is -0.490 e. The quantitative estimate of drug-likeness (QED) is 0.832. The van der Waals surface area contributed by atoms with Gasteiger partial charge >= 0.3 is 5.97 Å². The largest absolute Gasteiger partial charge is 0.490 e. The van der Waals surface area contributed by atoms with Gasteiger partial charge in [-0.2, -0.15) is 0 Å². The zero-order valence-electron chi connectivity index (χ0n) is 8.64. The van der Waals surface area contributed by atoms with Gasteiger partial charge in [-0.15, -0.1) is 0 Å². The maximum atomic E-state index is 10.8. The Bertz CT molecular complexity index is 571. The van der Waals surface area contributed by atoms with Crippen LogP contribution in [-0.4, -0.2) is 22.2 Å². The molecule has 3 rings (SSSR count). The van der Waals surface area contributed by atoms with Gasteiger partial charge in [0, 0.05) is 11.6 Å². The lowest BCUT2D eigenvalue weighted by atomic mass is 10.1. The second-order valence-corrected chi connectivity index (χ2v) is 3.92. The highest BCUT2D eigenvalue weighted by Gasteiger charge is 2.17. The first-order chi connectivity index (χ1) is 7.75. The molecule has 0 saturated heterocycles. The first-order valence-electron chi connectivity index (χ1n) is 5.21. The van der Waals surface area contributed by atoms with Crippen molar-refractivity contribution < 1.29 is 14.6 Å². The average molecular weight is 217 g/mol. The molecule has 2 aromatic rings. The van der Waals surface area contributed by atoms with Crippen molar-refractivity contribution in [1.29, 1.82) is 0 Å². The van der Waals surface area contributed by atoms with Crippen LogP contribution in [0.1, 0.15) is 5.56 Å². The van der Waals surface area contributed by atoms with Crippen molar-refractivity contribution in [2.45, 2.75) is 13.0 Å². The molecule has 4 nitrogen and oxygen atoms in total. The summed E-state index contributed by atoms with van der Waals surface area (Å²) < 4.78 is 7.62. The summed E-state index contributed by atoms with van der Waals surface area (Å²) in [5.41, 5.74) is 1.87. The Hall–Kier alpha value is -1.97. The van der Waals surface area contributed by atoms with Gasteiger partial charge in [-0.05, 0) is 11.6 Å². The van der Waals surface area contributed by atoms with Crippen molar-refractivity contribution in [2.24, 2.45) is 0 Å². The van der Waals surface area contributed by atoms with Crippen molar-refractivity contribution in [2.75, 3.05) is 6.61 Å². The van der Waals surface area contributed by atoms with E-state index >= 15 is 0 Å². The first-order valence-corrected chi connectivity index (χ1v) is 5.21. The number of carbonyl (C=O) groups is 1. The summed E-state index contributed by atoms with van der Waals surface area (Å²) in [6.07, 6.45) is 1.98. The second-order valence-electron chi connectivity index (χ2n) is 3.92. The third kappa shape index (κ3) is 1.26. The molecule has 4 heteroatoms. The van der Waals surface area contributed by atoms with Gasteiger partial charge in [-0.25, -0.2) is 0 Å². The summed E-state index contributed by atoms with van der Waals surface area (Å²) in [4.78, 5) is 10.8. The summed E-state index contributed by atoms with van der Waals surface area (Å²) in [6, 6.07) is 5.77. The van der Waals surface area contributed by atoms with Gasteiger partial charge < -0.3 is 14.4 Å². The fourth-order valence-corrected chi connectivity index (χ4v) is 2.25. The van der Waals surface area contributed by atoms with Crippen LogP contribution in [0.4, 0.5) is 0 Å². The predicted octanol–water partition coefficient (Wildman–Crippen LogP) is 1.66. The Balaban J connectivity index is 2.25. The summed E-state index contributed by atoms with van der Waals surface area (Å²) in [6.45, 7) is 1.43. The number of carboxylic acid groups (broad SMARTS) is 1. The lowest BCUT2D eigenvalue weighted by Gasteiger charge is -2.16. The van der Waals surface area contributed by atoms with Crippen LogP contribution in [-0.2, 0) is 17.8 Å². The van der Waals surface area contributed by atoms with Gasteiger partial charge in [0.1, 0.15) is 12.4 Å². The molecule has 0 spiro atoms. The number of benzene rings is 1. The Labute approximate surface area is 92.1 Å². The van der Waals surface area contributed by atoms with Gasteiger partial charge in [-0.1, -0.05) is 12.1 Å². The third-order valence-corrected chi connectivity index (χ3v) is 2.88. The molecule has 1 aromatic heterocycles. The number of para-hydroxylation sites is 1. The van der Waals surface area contributed by atoms with Crippen LogP contribution in [0.25, 0.3) is 10.9 Å². The molecule has 0 unspecified atom stereocenters. The van der Waals surface area contributed by atoms with E-state index in [2.05, 4.69) is 4.57 Å². The molecule has 1 aliphatic heterocycles. The summed E-state index contributed by atoms with van der Waals surface area (Å²) in [5, 5.41) is 9.84. The topological polar surface area (TPSA) is 51.5 Å². The van der Waals surface area contributed by atoms with Crippen LogP contribution >= 0.6 is 0 Å². The highest BCUT2D eigenvalue weighted by molar-refractivity contribution is 5.91. The van der Waals surface area contributed by atoms with E-state index in [-0.39, 0.29) is 6.42 Å². The molecule has 0 bridgehead atoms. The van der Waals surface area contributed by atoms with E-state index in [1.807, 2.05) is 24.4 Å². The number of hydrogen-bond acceptors (Lipinski definition) is 2. The van der Waals surface area contributed by atoms with Crippen molar-refractivity contribution in [3.8, 4) is 5.75 Å². The number of aliphatic carboxylic acids is 1. The minimum absolute atomic E-state index is 0.0625. The summed E-state index contributed by atoms with van der Waals surface area (Å²) in [7, 11) is 0. The first kappa shape index (κ1) is 9.27. The number of hydrogen-bond donors (Lipinski definition) is 1. The number of ether oxygens (including phenoxy) is 1. The zero-order valence-corrected chi connectivity index (χ0v) is 8.64. The molecule has 0 radical (unpaired) electrons. The van der Waals surface area contributed by atoms with Crippen LogP contribution < -0.4 is 4.74 Å². The van der Waals surface area contributed by atoms with E-state index in [0.717, 1.165) is 28.8 Å². The van der Waals surface area contributed by atoms with Crippen LogP contribution in [0, 0.1) is 0 Å². The van der Waals surface area contributed by atoms with Gasteiger partial charge in [0.05, 0.1) is 18.5 Å². The SMILES string of the molecule is O=C(O)Cc1cn2c3c(cccc13)OCC2. The average Bonchev–Trinajstić information content (AvgIpc) is 2.59. The highest BCUT2D eigenvalue weighted by atomic mass is 16.5. The van der Waals surface area contributed by atoms with Crippen LogP contribution in [0.2, 0.25) is 0 Å².